The standard InChI is InChI=1S/C69H126O5/c1-3-5-7-9-11-13-15-17-19-21-23-25-27-29-31-32-33-34-35-36-38-40-42-44-46-48-50-52-54-56-58-60-62-64-69(72)74-67(65-70)66-73-68(71)63-61-59-57-55-53-51-49-47-45-43-41-39-37-30-28-26-24-22-20-18-16-14-12-10-8-6-4-2/h5,7,11,13,17,19,23,25,29,31,67,70H,3-4,6,8-10,12,14-16,18,20-22,24,26-28,30,32-66H2,1-2H3/b7-5-,13-11-,19-17-,25-23-,31-29-. The van der Waals surface area contributed by atoms with Gasteiger partial charge in [-0.3, -0.25) is 9.59 Å². The first-order valence-electron chi connectivity index (χ1n) is 32.8. The Morgan fingerprint density at radius 1 is 0.324 bits per heavy atom. The number of hydrogen-bond donors (Lipinski definition) is 1. The number of aliphatic hydroxyl groups excluding tert-OH is 1. The summed E-state index contributed by atoms with van der Waals surface area (Å²) < 4.78 is 10.8. The maximum absolute atomic E-state index is 12.3. The predicted octanol–water partition coefficient (Wildman–Crippen LogP) is 22.5. The molecule has 0 aromatic heterocycles. The molecule has 0 aliphatic heterocycles. The Morgan fingerprint density at radius 2 is 0.581 bits per heavy atom. The molecule has 0 saturated heterocycles. The van der Waals surface area contributed by atoms with Crippen LogP contribution in [0.25, 0.3) is 0 Å². The lowest BCUT2D eigenvalue weighted by atomic mass is 10.0. The number of ether oxygens (including phenoxy) is 2. The van der Waals surface area contributed by atoms with E-state index in [1.165, 1.54) is 257 Å². The molecule has 1 atom stereocenters. The van der Waals surface area contributed by atoms with Crippen LogP contribution in [0.15, 0.2) is 60.8 Å². The minimum absolute atomic E-state index is 0.0610. The van der Waals surface area contributed by atoms with Gasteiger partial charge in [-0.2, -0.15) is 0 Å². The quantitative estimate of drug-likeness (QED) is 0.0373. The number of carbonyl (C=O) groups is 2. The van der Waals surface area contributed by atoms with E-state index < -0.39 is 6.10 Å². The van der Waals surface area contributed by atoms with Gasteiger partial charge >= 0.3 is 11.9 Å². The summed E-state index contributed by atoms with van der Waals surface area (Å²) in [4.78, 5) is 24.6. The van der Waals surface area contributed by atoms with E-state index in [9.17, 15) is 14.7 Å². The Balaban J connectivity index is 3.42. The van der Waals surface area contributed by atoms with E-state index in [0.29, 0.717) is 12.8 Å². The Hall–Kier alpha value is -2.40. The molecule has 0 aliphatic rings. The number of carbonyl (C=O) groups excluding carboxylic acids is 2. The third-order valence-electron chi connectivity index (χ3n) is 14.8. The zero-order valence-electron chi connectivity index (χ0n) is 49.6. The predicted molar refractivity (Wildman–Crippen MR) is 325 cm³/mol. The van der Waals surface area contributed by atoms with Crippen molar-refractivity contribution in [1.82, 2.24) is 0 Å². The summed E-state index contributed by atoms with van der Waals surface area (Å²) >= 11 is 0. The molecule has 74 heavy (non-hydrogen) atoms. The number of rotatable bonds is 61. The topological polar surface area (TPSA) is 72.8 Å². The lowest BCUT2D eigenvalue weighted by Crippen LogP contribution is -2.28. The second-order valence-corrected chi connectivity index (χ2v) is 22.2. The molecule has 0 bridgehead atoms. The molecule has 432 valence electrons. The molecule has 0 saturated carbocycles. The van der Waals surface area contributed by atoms with Crippen molar-refractivity contribution in [2.75, 3.05) is 13.2 Å². The highest BCUT2D eigenvalue weighted by atomic mass is 16.6. The highest BCUT2D eigenvalue weighted by Crippen LogP contribution is 2.18. The first kappa shape index (κ1) is 71.6. The zero-order valence-corrected chi connectivity index (χ0v) is 49.6. The fourth-order valence-electron chi connectivity index (χ4n) is 9.94. The van der Waals surface area contributed by atoms with E-state index in [0.717, 1.165) is 64.2 Å². The molecule has 0 amide bonds. The first-order valence-corrected chi connectivity index (χ1v) is 32.8. The fourth-order valence-corrected chi connectivity index (χ4v) is 9.94. The van der Waals surface area contributed by atoms with Crippen LogP contribution in [-0.4, -0.2) is 36.4 Å². The molecule has 5 heteroatoms. The van der Waals surface area contributed by atoms with Gasteiger partial charge in [0.25, 0.3) is 0 Å². The summed E-state index contributed by atoms with van der Waals surface area (Å²) in [6.45, 7) is 4.08. The van der Waals surface area contributed by atoms with Gasteiger partial charge in [-0.15, -0.1) is 0 Å². The number of allylic oxidation sites excluding steroid dienone is 10. The Kier molecular flexibility index (Phi) is 62.8. The number of hydrogen-bond acceptors (Lipinski definition) is 5. The number of aliphatic hydroxyl groups is 1. The van der Waals surface area contributed by atoms with E-state index >= 15 is 0 Å². The average Bonchev–Trinajstić information content (AvgIpc) is 3.40. The van der Waals surface area contributed by atoms with E-state index in [1.807, 2.05) is 0 Å². The van der Waals surface area contributed by atoms with Gasteiger partial charge in [0.2, 0.25) is 0 Å². The lowest BCUT2D eigenvalue weighted by molar-refractivity contribution is -0.161. The normalized spacial score (nSPS) is 12.5. The van der Waals surface area contributed by atoms with Crippen LogP contribution in [0.3, 0.4) is 0 Å². The molecule has 0 aromatic carbocycles. The van der Waals surface area contributed by atoms with Crippen LogP contribution in [0, 0.1) is 0 Å². The van der Waals surface area contributed by atoms with Crippen molar-refractivity contribution in [3.8, 4) is 0 Å². The first-order chi connectivity index (χ1) is 36.6. The lowest BCUT2D eigenvalue weighted by Gasteiger charge is -2.15. The summed E-state index contributed by atoms with van der Waals surface area (Å²) in [5.41, 5.74) is 0. The Labute approximate surface area is 461 Å². The van der Waals surface area contributed by atoms with Gasteiger partial charge in [0.05, 0.1) is 6.61 Å². The molecule has 0 spiro atoms. The van der Waals surface area contributed by atoms with Crippen molar-refractivity contribution in [3.05, 3.63) is 60.8 Å². The van der Waals surface area contributed by atoms with Crippen molar-refractivity contribution in [2.24, 2.45) is 0 Å². The summed E-state index contributed by atoms with van der Waals surface area (Å²) in [5, 5.41) is 9.69. The van der Waals surface area contributed by atoms with E-state index in [4.69, 9.17) is 9.47 Å². The van der Waals surface area contributed by atoms with E-state index in [1.54, 1.807) is 0 Å². The van der Waals surface area contributed by atoms with Gasteiger partial charge in [0, 0.05) is 12.8 Å². The van der Waals surface area contributed by atoms with Crippen molar-refractivity contribution >= 4 is 11.9 Å². The SMILES string of the molecule is CC/C=C\C/C=C\C/C=C\C/C=C\C/C=C\CCCCCCCCCCCCCCCCCCCC(=O)OC(CO)COC(=O)CCCCCCCCCCCCCCCCCCCCCCCCCCCCC. The molecule has 0 heterocycles. The van der Waals surface area contributed by atoms with Crippen LogP contribution in [0.5, 0.6) is 0 Å². The largest absolute Gasteiger partial charge is 0.462 e. The van der Waals surface area contributed by atoms with Crippen LogP contribution in [0.4, 0.5) is 0 Å². The average molecular weight is 1040 g/mol. The third kappa shape index (κ3) is 62.1. The molecule has 1 N–H and O–H groups in total. The van der Waals surface area contributed by atoms with Crippen LogP contribution < -0.4 is 0 Å². The minimum atomic E-state index is -0.771. The van der Waals surface area contributed by atoms with Gasteiger partial charge < -0.3 is 14.6 Å². The third-order valence-corrected chi connectivity index (χ3v) is 14.8. The van der Waals surface area contributed by atoms with Crippen LogP contribution in [0.1, 0.15) is 348 Å². The smallest absolute Gasteiger partial charge is 0.306 e. The van der Waals surface area contributed by atoms with Gasteiger partial charge in [0.1, 0.15) is 6.61 Å². The van der Waals surface area contributed by atoms with Gasteiger partial charge in [-0.05, 0) is 57.8 Å². The number of unbranched alkanes of at least 4 members (excludes halogenated alkanes) is 43. The Morgan fingerprint density at radius 3 is 0.878 bits per heavy atom. The molecular formula is C69H126O5. The minimum Gasteiger partial charge on any atom is -0.462 e. The summed E-state index contributed by atoms with van der Waals surface area (Å²) in [6.07, 6.45) is 88.1. The summed E-state index contributed by atoms with van der Waals surface area (Å²) in [5.74, 6) is -0.571. The second-order valence-electron chi connectivity index (χ2n) is 22.2. The molecule has 0 rings (SSSR count). The van der Waals surface area contributed by atoms with Crippen molar-refractivity contribution in [3.63, 3.8) is 0 Å². The maximum Gasteiger partial charge on any atom is 0.306 e. The van der Waals surface area contributed by atoms with Crippen LogP contribution in [-0.2, 0) is 19.1 Å². The molecule has 0 radical (unpaired) electrons. The van der Waals surface area contributed by atoms with Crippen LogP contribution in [0.2, 0.25) is 0 Å². The van der Waals surface area contributed by atoms with E-state index in [2.05, 4.69) is 74.6 Å². The number of esters is 2. The van der Waals surface area contributed by atoms with Crippen molar-refractivity contribution in [1.29, 1.82) is 0 Å². The highest BCUT2D eigenvalue weighted by Gasteiger charge is 2.16. The second kappa shape index (κ2) is 64.9. The van der Waals surface area contributed by atoms with E-state index in [-0.39, 0.29) is 25.2 Å². The molecule has 0 aliphatic carbocycles. The molecule has 0 fully saturated rings. The molecule has 5 nitrogen and oxygen atoms in total. The summed E-state index contributed by atoms with van der Waals surface area (Å²) in [7, 11) is 0. The Bertz CT molecular complexity index is 1260. The van der Waals surface area contributed by atoms with Gasteiger partial charge in [-0.1, -0.05) is 338 Å². The monoisotopic (exact) mass is 1030 g/mol. The van der Waals surface area contributed by atoms with Crippen molar-refractivity contribution < 1.29 is 24.2 Å². The molecule has 0 aromatic rings. The maximum atomic E-state index is 12.3. The fraction of sp³-hybridized carbons (Fsp3) is 0.826. The summed E-state index contributed by atoms with van der Waals surface area (Å²) in [6, 6.07) is 0. The van der Waals surface area contributed by atoms with Crippen LogP contribution >= 0.6 is 0 Å². The van der Waals surface area contributed by atoms with Crippen molar-refractivity contribution in [2.45, 2.75) is 354 Å². The molecular weight excluding hydrogens is 909 g/mol. The zero-order chi connectivity index (χ0) is 53.4. The van der Waals surface area contributed by atoms with Gasteiger partial charge in [-0.25, -0.2) is 0 Å². The van der Waals surface area contributed by atoms with Gasteiger partial charge in [0.15, 0.2) is 6.10 Å². The molecule has 1 unspecified atom stereocenters. The highest BCUT2D eigenvalue weighted by molar-refractivity contribution is 5.70.